The van der Waals surface area contributed by atoms with E-state index in [9.17, 15) is 9.59 Å². The quantitative estimate of drug-likeness (QED) is 0.744. The number of anilines is 1. The van der Waals surface area contributed by atoms with Crippen LogP contribution in [0.1, 0.15) is 24.4 Å². The molecule has 6 heteroatoms. The molecular weight excluding hydrogens is 330 g/mol. The maximum Gasteiger partial charge on any atom is 0.239 e. The van der Waals surface area contributed by atoms with Crippen molar-refractivity contribution >= 4 is 17.5 Å². The molecule has 2 aromatic carbocycles. The van der Waals surface area contributed by atoms with Gasteiger partial charge < -0.3 is 20.7 Å². The van der Waals surface area contributed by atoms with Gasteiger partial charge in [-0.1, -0.05) is 42.5 Å². The Hall–Kier alpha value is -3.02. The molecule has 1 aliphatic rings. The van der Waals surface area contributed by atoms with Crippen molar-refractivity contribution in [1.82, 2.24) is 10.6 Å². The van der Waals surface area contributed by atoms with E-state index >= 15 is 0 Å². The highest BCUT2D eigenvalue weighted by molar-refractivity contribution is 5.82. The molecule has 3 N–H and O–H groups in total. The van der Waals surface area contributed by atoms with E-state index in [1.165, 1.54) is 0 Å². The molecule has 1 heterocycles. The van der Waals surface area contributed by atoms with Gasteiger partial charge in [-0.05, 0) is 24.1 Å². The van der Waals surface area contributed by atoms with Gasteiger partial charge in [-0.15, -0.1) is 0 Å². The van der Waals surface area contributed by atoms with Crippen LogP contribution < -0.4 is 20.7 Å². The summed E-state index contributed by atoms with van der Waals surface area (Å²) < 4.78 is 5.27. The molecule has 1 saturated heterocycles. The molecule has 0 bridgehead atoms. The first-order valence-electron chi connectivity index (χ1n) is 8.68. The molecule has 136 valence electrons. The number of carbonyl (C=O) groups is 2. The van der Waals surface area contributed by atoms with Crippen molar-refractivity contribution in [3.63, 3.8) is 0 Å². The minimum atomic E-state index is -0.215. The summed E-state index contributed by atoms with van der Waals surface area (Å²) in [5.41, 5.74) is 1.75. The van der Waals surface area contributed by atoms with E-state index < -0.39 is 0 Å². The number of methoxy groups -OCH3 is 1. The van der Waals surface area contributed by atoms with Gasteiger partial charge in [-0.3, -0.25) is 9.59 Å². The molecule has 0 saturated carbocycles. The number of rotatable bonds is 6. The van der Waals surface area contributed by atoms with Crippen LogP contribution >= 0.6 is 0 Å². The molecular formula is C20H23N3O3. The summed E-state index contributed by atoms with van der Waals surface area (Å²) in [6, 6.07) is 16.8. The first-order valence-corrected chi connectivity index (χ1v) is 8.68. The predicted molar refractivity (Wildman–Crippen MR) is 100.0 cm³/mol. The summed E-state index contributed by atoms with van der Waals surface area (Å²) in [6.07, 6.45) is 1.03. The molecule has 2 atom stereocenters. The fourth-order valence-electron chi connectivity index (χ4n) is 3.15. The third-order valence-electron chi connectivity index (χ3n) is 4.45. The number of hydrogen-bond acceptors (Lipinski definition) is 4. The number of hydrogen-bond donors (Lipinski definition) is 3. The molecule has 0 spiro atoms. The van der Waals surface area contributed by atoms with Gasteiger partial charge in [0.2, 0.25) is 11.8 Å². The molecule has 2 amide bonds. The topological polar surface area (TPSA) is 79.5 Å². The highest BCUT2D eigenvalue weighted by atomic mass is 16.5. The zero-order valence-corrected chi connectivity index (χ0v) is 14.7. The van der Waals surface area contributed by atoms with Gasteiger partial charge in [0.05, 0.1) is 31.4 Å². The fraction of sp³-hybridized carbons (Fsp3) is 0.300. The van der Waals surface area contributed by atoms with E-state index in [0.717, 1.165) is 11.3 Å². The minimum Gasteiger partial charge on any atom is -0.495 e. The molecule has 0 radical (unpaired) electrons. The molecule has 0 unspecified atom stereocenters. The maximum absolute atomic E-state index is 12.4. The minimum absolute atomic E-state index is 0.0106. The number of nitrogens with one attached hydrogen (secondary N) is 3. The number of amides is 2. The first-order chi connectivity index (χ1) is 12.7. The van der Waals surface area contributed by atoms with Crippen LogP contribution in [0.15, 0.2) is 54.6 Å². The molecule has 2 aromatic rings. The molecule has 0 aromatic heterocycles. The number of para-hydroxylation sites is 2. The summed E-state index contributed by atoms with van der Waals surface area (Å²) in [7, 11) is 1.59. The van der Waals surface area contributed by atoms with E-state index in [0.29, 0.717) is 18.6 Å². The summed E-state index contributed by atoms with van der Waals surface area (Å²) in [6.45, 7) is 0.131. The third kappa shape index (κ3) is 4.33. The Bertz CT molecular complexity index is 764. The predicted octanol–water partition coefficient (Wildman–Crippen LogP) is 2.24. The van der Waals surface area contributed by atoms with Gasteiger partial charge in [0, 0.05) is 6.42 Å². The Morgan fingerprint density at radius 3 is 2.65 bits per heavy atom. The second-order valence-corrected chi connectivity index (χ2v) is 6.22. The van der Waals surface area contributed by atoms with Gasteiger partial charge in [-0.25, -0.2) is 0 Å². The lowest BCUT2D eigenvalue weighted by Gasteiger charge is -2.33. The van der Waals surface area contributed by atoms with Crippen molar-refractivity contribution in [1.29, 1.82) is 0 Å². The first kappa shape index (κ1) is 17.8. The highest BCUT2D eigenvalue weighted by Crippen LogP contribution is 2.25. The zero-order chi connectivity index (χ0) is 18.4. The van der Waals surface area contributed by atoms with Crippen LogP contribution in [-0.2, 0) is 9.59 Å². The van der Waals surface area contributed by atoms with E-state index in [2.05, 4.69) is 16.0 Å². The van der Waals surface area contributed by atoms with Gasteiger partial charge in [0.1, 0.15) is 5.75 Å². The summed E-state index contributed by atoms with van der Waals surface area (Å²) in [5, 5.41) is 9.12. The fourth-order valence-corrected chi connectivity index (χ4v) is 3.15. The number of piperidine rings is 1. The lowest BCUT2D eigenvalue weighted by molar-refractivity contribution is -0.126. The van der Waals surface area contributed by atoms with Crippen LogP contribution in [0.4, 0.5) is 5.69 Å². The van der Waals surface area contributed by atoms with E-state index in [1.54, 1.807) is 7.11 Å². The molecule has 1 aliphatic heterocycles. The van der Waals surface area contributed by atoms with Crippen molar-refractivity contribution in [3.05, 3.63) is 60.2 Å². The van der Waals surface area contributed by atoms with Crippen molar-refractivity contribution in [2.45, 2.75) is 24.9 Å². The van der Waals surface area contributed by atoms with Crippen molar-refractivity contribution in [3.8, 4) is 5.75 Å². The smallest absolute Gasteiger partial charge is 0.239 e. The Morgan fingerprint density at radius 2 is 1.88 bits per heavy atom. The van der Waals surface area contributed by atoms with Crippen molar-refractivity contribution in [2.24, 2.45) is 0 Å². The van der Waals surface area contributed by atoms with Crippen LogP contribution in [0.3, 0.4) is 0 Å². The van der Waals surface area contributed by atoms with E-state index in [1.807, 2.05) is 54.6 Å². The van der Waals surface area contributed by atoms with Gasteiger partial charge in [-0.2, -0.15) is 0 Å². The molecule has 6 nitrogen and oxygen atoms in total. The van der Waals surface area contributed by atoms with Gasteiger partial charge in [0.25, 0.3) is 0 Å². The highest BCUT2D eigenvalue weighted by Gasteiger charge is 2.30. The largest absolute Gasteiger partial charge is 0.495 e. The summed E-state index contributed by atoms with van der Waals surface area (Å²) in [5.74, 6) is 0.571. The van der Waals surface area contributed by atoms with Gasteiger partial charge in [0.15, 0.2) is 0 Å². The van der Waals surface area contributed by atoms with Gasteiger partial charge >= 0.3 is 0 Å². The van der Waals surface area contributed by atoms with Crippen molar-refractivity contribution < 1.29 is 14.3 Å². The monoisotopic (exact) mass is 353 g/mol. The SMILES string of the molecule is COc1ccccc1NCC(=O)N[C@@H]1CCC(=O)N[C@H]1c1ccccc1. The van der Waals surface area contributed by atoms with Crippen LogP contribution in [-0.4, -0.2) is 31.5 Å². The zero-order valence-electron chi connectivity index (χ0n) is 14.7. The Labute approximate surface area is 152 Å². The second-order valence-electron chi connectivity index (χ2n) is 6.22. The van der Waals surface area contributed by atoms with Crippen LogP contribution in [0, 0.1) is 0 Å². The van der Waals surface area contributed by atoms with E-state index in [4.69, 9.17) is 4.74 Å². The maximum atomic E-state index is 12.4. The normalized spacial score (nSPS) is 19.3. The van der Waals surface area contributed by atoms with Crippen LogP contribution in [0.25, 0.3) is 0 Å². The standard InChI is InChI=1S/C20H23N3O3/c1-26-17-10-6-5-9-15(17)21-13-19(25)22-16-11-12-18(24)23-20(16)14-7-3-2-4-8-14/h2-10,16,20-21H,11-13H2,1H3,(H,22,25)(H,23,24)/t16-,20+/m1/s1. The van der Waals surface area contributed by atoms with Crippen molar-refractivity contribution in [2.75, 3.05) is 19.0 Å². The summed E-state index contributed by atoms with van der Waals surface area (Å²) in [4.78, 5) is 24.2. The number of ether oxygens (including phenoxy) is 1. The summed E-state index contributed by atoms with van der Waals surface area (Å²) >= 11 is 0. The molecule has 26 heavy (non-hydrogen) atoms. The molecule has 0 aliphatic carbocycles. The lowest BCUT2D eigenvalue weighted by Crippen LogP contribution is -2.51. The van der Waals surface area contributed by atoms with Crippen LogP contribution in [0.2, 0.25) is 0 Å². The average Bonchev–Trinajstić information content (AvgIpc) is 2.68. The Morgan fingerprint density at radius 1 is 1.15 bits per heavy atom. The average molecular weight is 353 g/mol. The Kier molecular flexibility index (Phi) is 5.73. The number of carbonyl (C=O) groups excluding carboxylic acids is 2. The Balaban J connectivity index is 1.62. The van der Waals surface area contributed by atoms with Crippen LogP contribution in [0.5, 0.6) is 5.75 Å². The number of benzene rings is 2. The van der Waals surface area contributed by atoms with E-state index in [-0.39, 0.29) is 30.4 Å². The third-order valence-corrected chi connectivity index (χ3v) is 4.45. The lowest BCUT2D eigenvalue weighted by atomic mass is 9.92. The second kappa shape index (κ2) is 8.38. The molecule has 3 rings (SSSR count). The molecule has 1 fully saturated rings.